The number of aliphatic hydroxyl groups excluding tert-OH is 1. The number of nitrogens with zero attached hydrogens (tertiary/aromatic N) is 2. The van der Waals surface area contributed by atoms with Crippen molar-refractivity contribution in [2.24, 2.45) is 5.73 Å². The average molecular weight is 283 g/mol. The molecule has 2 rings (SSSR count). The van der Waals surface area contributed by atoms with Gasteiger partial charge in [0, 0.05) is 19.1 Å². The first-order chi connectivity index (χ1) is 9.52. The Morgan fingerprint density at radius 1 is 1.35 bits per heavy atom. The Balaban J connectivity index is 1.97. The number of rotatable bonds is 4. The SMILES string of the molecule is CC[C@@H]1CCCCN1C(=O)CN1C[C@@H](O)C[C@@H]1C(N)=O. The van der Waals surface area contributed by atoms with Crippen molar-refractivity contribution in [2.45, 2.75) is 57.2 Å². The van der Waals surface area contributed by atoms with Gasteiger partial charge < -0.3 is 15.7 Å². The van der Waals surface area contributed by atoms with Gasteiger partial charge in [-0.1, -0.05) is 6.92 Å². The van der Waals surface area contributed by atoms with E-state index in [2.05, 4.69) is 6.92 Å². The zero-order chi connectivity index (χ0) is 14.7. The van der Waals surface area contributed by atoms with Crippen LogP contribution >= 0.6 is 0 Å². The van der Waals surface area contributed by atoms with Crippen LogP contribution in [0, 0.1) is 0 Å². The van der Waals surface area contributed by atoms with E-state index in [9.17, 15) is 14.7 Å². The summed E-state index contributed by atoms with van der Waals surface area (Å²) in [7, 11) is 0. The summed E-state index contributed by atoms with van der Waals surface area (Å²) < 4.78 is 0. The minimum Gasteiger partial charge on any atom is -0.392 e. The fourth-order valence-electron chi connectivity index (χ4n) is 3.37. The number of likely N-dealkylation sites (tertiary alicyclic amines) is 2. The summed E-state index contributed by atoms with van der Waals surface area (Å²) in [5.74, 6) is -0.406. The minimum absolute atomic E-state index is 0.0527. The molecule has 3 atom stereocenters. The van der Waals surface area contributed by atoms with E-state index < -0.39 is 18.1 Å². The maximum atomic E-state index is 12.4. The van der Waals surface area contributed by atoms with E-state index in [-0.39, 0.29) is 12.5 Å². The number of amides is 2. The predicted molar refractivity (Wildman–Crippen MR) is 74.8 cm³/mol. The number of hydrogen-bond acceptors (Lipinski definition) is 4. The van der Waals surface area contributed by atoms with Crippen molar-refractivity contribution >= 4 is 11.8 Å². The molecule has 2 fully saturated rings. The lowest BCUT2D eigenvalue weighted by Crippen LogP contribution is -2.50. The summed E-state index contributed by atoms with van der Waals surface area (Å²) in [6, 6.07) is -0.199. The highest BCUT2D eigenvalue weighted by atomic mass is 16.3. The maximum absolute atomic E-state index is 12.4. The lowest BCUT2D eigenvalue weighted by atomic mass is 10.00. The molecule has 20 heavy (non-hydrogen) atoms. The number of piperidine rings is 1. The van der Waals surface area contributed by atoms with Crippen molar-refractivity contribution in [3.63, 3.8) is 0 Å². The Morgan fingerprint density at radius 3 is 2.75 bits per heavy atom. The zero-order valence-electron chi connectivity index (χ0n) is 12.1. The third-order valence-corrected chi connectivity index (χ3v) is 4.47. The van der Waals surface area contributed by atoms with Gasteiger partial charge >= 0.3 is 0 Å². The van der Waals surface area contributed by atoms with Crippen LogP contribution < -0.4 is 5.73 Å². The molecule has 0 spiro atoms. The van der Waals surface area contributed by atoms with E-state index in [0.717, 1.165) is 25.8 Å². The summed E-state index contributed by atoms with van der Waals surface area (Å²) in [5, 5.41) is 9.67. The van der Waals surface area contributed by atoms with Gasteiger partial charge in [-0.25, -0.2) is 0 Å². The van der Waals surface area contributed by atoms with Crippen molar-refractivity contribution in [2.75, 3.05) is 19.6 Å². The highest BCUT2D eigenvalue weighted by Crippen LogP contribution is 2.22. The van der Waals surface area contributed by atoms with Crippen molar-refractivity contribution < 1.29 is 14.7 Å². The molecular formula is C14H25N3O3. The van der Waals surface area contributed by atoms with Gasteiger partial charge in [0.25, 0.3) is 0 Å². The summed E-state index contributed by atoms with van der Waals surface area (Å²) in [6.07, 6.45) is 4.01. The van der Waals surface area contributed by atoms with Gasteiger partial charge in [0.05, 0.1) is 18.7 Å². The lowest BCUT2D eigenvalue weighted by molar-refractivity contribution is -0.137. The molecule has 2 heterocycles. The molecule has 114 valence electrons. The first-order valence-corrected chi connectivity index (χ1v) is 7.53. The molecule has 3 N–H and O–H groups in total. The molecule has 0 saturated carbocycles. The van der Waals surface area contributed by atoms with Gasteiger partial charge in [0.1, 0.15) is 0 Å². The molecule has 0 aromatic heterocycles. The summed E-state index contributed by atoms with van der Waals surface area (Å²) in [4.78, 5) is 27.5. The third-order valence-electron chi connectivity index (χ3n) is 4.47. The minimum atomic E-state index is -0.566. The molecule has 2 amide bonds. The van der Waals surface area contributed by atoms with Crippen molar-refractivity contribution in [1.82, 2.24) is 9.80 Å². The molecule has 0 bridgehead atoms. The molecule has 0 aliphatic carbocycles. The zero-order valence-corrected chi connectivity index (χ0v) is 12.1. The Labute approximate surface area is 119 Å². The van der Waals surface area contributed by atoms with Crippen LogP contribution in [0.15, 0.2) is 0 Å². The van der Waals surface area contributed by atoms with E-state index in [4.69, 9.17) is 5.73 Å². The fourth-order valence-corrected chi connectivity index (χ4v) is 3.37. The molecule has 0 aromatic rings. The quantitative estimate of drug-likeness (QED) is 0.741. The summed E-state index contributed by atoms with van der Waals surface area (Å²) >= 11 is 0. The standard InChI is InChI=1S/C14H25N3O3/c1-2-10-5-3-4-6-17(10)13(19)9-16-8-11(18)7-12(16)14(15)20/h10-12,18H,2-9H2,1H3,(H2,15,20)/t10-,11+,12-/m1/s1. The fraction of sp³-hybridized carbons (Fsp3) is 0.857. The Kier molecular flexibility index (Phi) is 4.99. The Hall–Kier alpha value is -1.14. The van der Waals surface area contributed by atoms with E-state index in [1.165, 1.54) is 6.42 Å². The summed E-state index contributed by atoms with van der Waals surface area (Å²) in [6.45, 7) is 3.43. The average Bonchev–Trinajstić information content (AvgIpc) is 2.79. The van der Waals surface area contributed by atoms with Crippen LogP contribution in [0.25, 0.3) is 0 Å². The number of hydrogen-bond donors (Lipinski definition) is 2. The smallest absolute Gasteiger partial charge is 0.237 e. The van der Waals surface area contributed by atoms with Crippen molar-refractivity contribution in [3.8, 4) is 0 Å². The third kappa shape index (κ3) is 3.30. The van der Waals surface area contributed by atoms with Crippen molar-refractivity contribution in [1.29, 1.82) is 0 Å². The van der Waals surface area contributed by atoms with Crippen LogP contribution in [0.5, 0.6) is 0 Å². The highest BCUT2D eigenvalue weighted by Gasteiger charge is 2.37. The van der Waals surface area contributed by atoms with Gasteiger partial charge in [-0.15, -0.1) is 0 Å². The lowest BCUT2D eigenvalue weighted by Gasteiger charge is -2.36. The molecule has 0 aromatic carbocycles. The number of nitrogens with two attached hydrogens (primary N) is 1. The van der Waals surface area contributed by atoms with E-state index in [0.29, 0.717) is 19.0 Å². The predicted octanol–water partition coefficient (Wildman–Crippen LogP) is -0.302. The highest BCUT2D eigenvalue weighted by molar-refractivity contribution is 5.83. The first kappa shape index (κ1) is 15.3. The first-order valence-electron chi connectivity index (χ1n) is 7.53. The van der Waals surface area contributed by atoms with Gasteiger partial charge in [-0.2, -0.15) is 0 Å². The largest absolute Gasteiger partial charge is 0.392 e. The second-order valence-corrected chi connectivity index (χ2v) is 5.88. The number of carbonyl (C=O) groups excluding carboxylic acids is 2. The van der Waals surface area contributed by atoms with Crippen LogP contribution in [-0.2, 0) is 9.59 Å². The normalized spacial score (nSPS) is 31.5. The van der Waals surface area contributed by atoms with E-state index in [1.807, 2.05) is 4.90 Å². The number of primary amides is 1. The molecular weight excluding hydrogens is 258 g/mol. The van der Waals surface area contributed by atoms with Gasteiger partial charge in [0.15, 0.2) is 0 Å². The maximum Gasteiger partial charge on any atom is 0.237 e. The molecule has 2 aliphatic heterocycles. The van der Waals surface area contributed by atoms with Crippen molar-refractivity contribution in [3.05, 3.63) is 0 Å². The number of carbonyl (C=O) groups is 2. The van der Waals surface area contributed by atoms with Crippen LogP contribution in [0.3, 0.4) is 0 Å². The monoisotopic (exact) mass is 283 g/mol. The van der Waals surface area contributed by atoms with E-state index >= 15 is 0 Å². The second kappa shape index (κ2) is 6.54. The molecule has 2 aliphatic rings. The molecule has 0 radical (unpaired) electrons. The molecule has 6 heteroatoms. The van der Waals surface area contributed by atoms with Crippen LogP contribution in [-0.4, -0.2) is 64.5 Å². The van der Waals surface area contributed by atoms with E-state index in [1.54, 1.807) is 4.90 Å². The summed E-state index contributed by atoms with van der Waals surface area (Å²) in [5.41, 5.74) is 5.34. The van der Waals surface area contributed by atoms with Gasteiger partial charge in [-0.05, 0) is 32.1 Å². The van der Waals surface area contributed by atoms with Crippen LogP contribution in [0.1, 0.15) is 39.0 Å². The number of β-amino-alcohol motifs (C(OH)–C–C–N with tert-alkyl or cyclic N) is 1. The second-order valence-electron chi connectivity index (χ2n) is 5.88. The van der Waals surface area contributed by atoms with Crippen LogP contribution in [0.2, 0.25) is 0 Å². The Bertz CT molecular complexity index is 375. The molecule has 0 unspecified atom stereocenters. The van der Waals surface area contributed by atoms with Gasteiger partial charge in [0.2, 0.25) is 11.8 Å². The molecule has 2 saturated heterocycles. The van der Waals surface area contributed by atoms with Gasteiger partial charge in [-0.3, -0.25) is 14.5 Å². The number of aliphatic hydroxyl groups is 1. The topological polar surface area (TPSA) is 86.9 Å². The Morgan fingerprint density at radius 2 is 2.10 bits per heavy atom. The molecule has 6 nitrogen and oxygen atoms in total. The van der Waals surface area contributed by atoms with Crippen LogP contribution in [0.4, 0.5) is 0 Å².